The standard InChI is InChI=1S/C20H18F7N3O3S/c1-11(7-8-34(2,32)33)29-18(31)14-4-6-16(20(25,26)27)30-17(14)28-10-12-9-13(21)3-5-15(12)19(22,23)24/h3-9,11H,10H2,1-2H3,(H,28,30)(H,29,31)/b8-7+/t11-/m0/s1. The molecule has 6 nitrogen and oxygen atoms in total. The fraction of sp³-hybridized carbons (Fsp3) is 0.300. The number of carbonyl (C=O) groups is 1. The molecule has 0 bridgehead atoms. The highest BCUT2D eigenvalue weighted by Gasteiger charge is 2.35. The Balaban J connectivity index is 2.40. The van der Waals surface area contributed by atoms with Crippen molar-refractivity contribution in [1.82, 2.24) is 10.3 Å². The van der Waals surface area contributed by atoms with Gasteiger partial charge in [-0.1, -0.05) is 6.08 Å². The first-order valence-electron chi connectivity index (χ1n) is 9.34. The molecule has 0 radical (unpaired) electrons. The largest absolute Gasteiger partial charge is 0.433 e. The summed E-state index contributed by atoms with van der Waals surface area (Å²) in [6, 6.07) is 2.00. The number of sulfone groups is 1. The van der Waals surface area contributed by atoms with Crippen molar-refractivity contribution in [3.05, 3.63) is 70.0 Å². The molecule has 186 valence electrons. The highest BCUT2D eigenvalue weighted by molar-refractivity contribution is 7.93. The van der Waals surface area contributed by atoms with E-state index in [4.69, 9.17) is 0 Å². The molecule has 0 aliphatic carbocycles. The minimum absolute atomic E-state index is 0.461. The molecule has 14 heteroatoms. The SMILES string of the molecule is C[C@@H](/C=C/S(C)(=O)=O)NC(=O)c1ccc(C(F)(F)F)nc1NCc1cc(F)ccc1C(F)(F)F. The predicted octanol–water partition coefficient (Wildman–Crippen LogP) is 4.55. The van der Waals surface area contributed by atoms with Gasteiger partial charge in [0.25, 0.3) is 5.91 Å². The number of nitrogens with one attached hydrogen (secondary N) is 2. The first-order chi connectivity index (χ1) is 15.5. The van der Waals surface area contributed by atoms with Gasteiger partial charge in [-0.15, -0.1) is 0 Å². The molecule has 0 spiro atoms. The van der Waals surface area contributed by atoms with E-state index >= 15 is 0 Å². The van der Waals surface area contributed by atoms with Gasteiger partial charge in [-0.05, 0) is 42.8 Å². The van der Waals surface area contributed by atoms with Gasteiger partial charge in [0.2, 0.25) is 0 Å². The molecule has 0 saturated carbocycles. The topological polar surface area (TPSA) is 88.2 Å². The average Bonchev–Trinajstić information content (AvgIpc) is 2.68. The fourth-order valence-corrected chi connectivity index (χ4v) is 3.21. The molecule has 34 heavy (non-hydrogen) atoms. The Morgan fingerprint density at radius 3 is 2.29 bits per heavy atom. The van der Waals surface area contributed by atoms with Gasteiger partial charge in [-0.3, -0.25) is 4.79 Å². The van der Waals surface area contributed by atoms with Gasteiger partial charge in [-0.25, -0.2) is 17.8 Å². The van der Waals surface area contributed by atoms with E-state index in [1.165, 1.54) is 6.92 Å². The molecule has 0 saturated heterocycles. The number of benzene rings is 1. The van der Waals surface area contributed by atoms with E-state index in [9.17, 15) is 43.9 Å². The second kappa shape index (κ2) is 9.99. The number of amides is 1. The molecule has 1 aromatic carbocycles. The Kier molecular flexibility index (Phi) is 7.96. The normalized spacial score (nSPS) is 13.7. The van der Waals surface area contributed by atoms with Gasteiger partial charge in [0.15, 0.2) is 9.84 Å². The molecule has 0 fully saturated rings. The molecule has 1 aromatic heterocycles. The van der Waals surface area contributed by atoms with Crippen molar-refractivity contribution in [2.45, 2.75) is 31.9 Å². The highest BCUT2D eigenvalue weighted by atomic mass is 32.2. The van der Waals surface area contributed by atoms with E-state index in [0.717, 1.165) is 23.8 Å². The third kappa shape index (κ3) is 7.71. The molecular formula is C20H18F7N3O3S. The summed E-state index contributed by atoms with van der Waals surface area (Å²) >= 11 is 0. The number of alkyl halides is 6. The smallest absolute Gasteiger partial charge is 0.365 e. The summed E-state index contributed by atoms with van der Waals surface area (Å²) < 4.78 is 115. The lowest BCUT2D eigenvalue weighted by Gasteiger charge is -2.17. The molecule has 0 aliphatic heterocycles. The molecule has 1 amide bonds. The van der Waals surface area contributed by atoms with Gasteiger partial charge in [-0.2, -0.15) is 26.3 Å². The van der Waals surface area contributed by atoms with Crippen LogP contribution >= 0.6 is 0 Å². The van der Waals surface area contributed by atoms with Crippen LogP contribution in [0.15, 0.2) is 41.8 Å². The summed E-state index contributed by atoms with van der Waals surface area (Å²) in [5, 5.41) is 5.37. The average molecular weight is 513 g/mol. The van der Waals surface area contributed by atoms with Crippen molar-refractivity contribution < 1.29 is 43.9 Å². The van der Waals surface area contributed by atoms with Crippen molar-refractivity contribution in [3.8, 4) is 0 Å². The van der Waals surface area contributed by atoms with Crippen LogP contribution < -0.4 is 10.6 Å². The van der Waals surface area contributed by atoms with Gasteiger partial charge in [0.05, 0.1) is 11.1 Å². The van der Waals surface area contributed by atoms with Crippen molar-refractivity contribution in [1.29, 1.82) is 0 Å². The van der Waals surface area contributed by atoms with Crippen LogP contribution in [0, 0.1) is 5.82 Å². The van der Waals surface area contributed by atoms with Crippen LogP contribution in [0.2, 0.25) is 0 Å². The molecule has 2 N–H and O–H groups in total. The quantitative estimate of drug-likeness (QED) is 0.531. The zero-order valence-electron chi connectivity index (χ0n) is 17.6. The van der Waals surface area contributed by atoms with Crippen LogP contribution in [-0.4, -0.2) is 31.6 Å². The minimum atomic E-state index is -4.92. The van der Waals surface area contributed by atoms with Crippen LogP contribution in [0.25, 0.3) is 0 Å². The minimum Gasteiger partial charge on any atom is -0.365 e. The summed E-state index contributed by atoms with van der Waals surface area (Å²) in [5.41, 5.74) is -3.73. The van der Waals surface area contributed by atoms with E-state index in [-0.39, 0.29) is 0 Å². The lowest BCUT2D eigenvalue weighted by atomic mass is 10.1. The van der Waals surface area contributed by atoms with Crippen molar-refractivity contribution >= 4 is 21.6 Å². The van der Waals surface area contributed by atoms with E-state index in [0.29, 0.717) is 24.3 Å². The maximum Gasteiger partial charge on any atom is 0.433 e. The number of carbonyl (C=O) groups excluding carboxylic acids is 1. The van der Waals surface area contributed by atoms with Crippen LogP contribution in [0.3, 0.4) is 0 Å². The van der Waals surface area contributed by atoms with Gasteiger partial charge >= 0.3 is 12.4 Å². The fourth-order valence-electron chi connectivity index (χ4n) is 2.69. The Morgan fingerprint density at radius 1 is 1.09 bits per heavy atom. The third-order valence-electron chi connectivity index (χ3n) is 4.22. The molecule has 2 aromatic rings. The van der Waals surface area contributed by atoms with Crippen LogP contribution in [0.5, 0.6) is 0 Å². The lowest BCUT2D eigenvalue weighted by Crippen LogP contribution is -2.32. The van der Waals surface area contributed by atoms with Crippen molar-refractivity contribution in [2.75, 3.05) is 11.6 Å². The lowest BCUT2D eigenvalue weighted by molar-refractivity contribution is -0.141. The number of hydrogen-bond acceptors (Lipinski definition) is 5. The van der Waals surface area contributed by atoms with E-state index in [1.807, 2.05) is 0 Å². The molecular weight excluding hydrogens is 495 g/mol. The highest BCUT2D eigenvalue weighted by Crippen LogP contribution is 2.33. The summed E-state index contributed by atoms with van der Waals surface area (Å²) in [6.07, 6.45) is -7.78. The first-order valence-corrected chi connectivity index (χ1v) is 11.3. The molecule has 0 aliphatic rings. The monoisotopic (exact) mass is 513 g/mol. The number of rotatable bonds is 7. The van der Waals surface area contributed by atoms with Gasteiger partial charge in [0.1, 0.15) is 17.3 Å². The predicted molar refractivity (Wildman–Crippen MR) is 109 cm³/mol. The zero-order valence-corrected chi connectivity index (χ0v) is 18.4. The number of hydrogen-bond donors (Lipinski definition) is 2. The third-order valence-corrected chi connectivity index (χ3v) is 4.87. The second-order valence-electron chi connectivity index (χ2n) is 7.16. The Morgan fingerprint density at radius 2 is 1.74 bits per heavy atom. The number of pyridine rings is 1. The Hall–Kier alpha value is -3.16. The Bertz CT molecular complexity index is 1190. The molecule has 0 unspecified atom stereocenters. The summed E-state index contributed by atoms with van der Waals surface area (Å²) in [5.74, 6) is -2.69. The number of nitrogens with zero attached hydrogens (tertiary/aromatic N) is 1. The van der Waals surface area contributed by atoms with Crippen molar-refractivity contribution in [2.24, 2.45) is 0 Å². The first kappa shape index (κ1) is 27.1. The summed E-state index contributed by atoms with van der Waals surface area (Å²) in [6.45, 7) is 0.581. The van der Waals surface area contributed by atoms with Crippen molar-refractivity contribution in [3.63, 3.8) is 0 Å². The van der Waals surface area contributed by atoms with E-state index < -0.39 is 74.7 Å². The molecule has 2 rings (SSSR count). The maximum absolute atomic E-state index is 13.5. The molecule has 1 heterocycles. The van der Waals surface area contributed by atoms with Crippen LogP contribution in [-0.2, 0) is 28.7 Å². The van der Waals surface area contributed by atoms with E-state index in [2.05, 4.69) is 15.6 Å². The second-order valence-corrected chi connectivity index (χ2v) is 9.09. The molecule has 1 atom stereocenters. The number of anilines is 1. The van der Waals surface area contributed by atoms with Crippen LogP contribution in [0.1, 0.15) is 34.1 Å². The van der Waals surface area contributed by atoms with Crippen LogP contribution in [0.4, 0.5) is 36.6 Å². The van der Waals surface area contributed by atoms with Gasteiger partial charge in [0, 0.05) is 24.3 Å². The number of halogens is 7. The van der Waals surface area contributed by atoms with E-state index in [1.54, 1.807) is 0 Å². The summed E-state index contributed by atoms with van der Waals surface area (Å²) in [4.78, 5) is 15.9. The Labute approximate surface area is 189 Å². The number of aromatic nitrogens is 1. The maximum atomic E-state index is 13.5. The summed E-state index contributed by atoms with van der Waals surface area (Å²) in [7, 11) is -3.51. The zero-order chi connectivity index (χ0) is 25.9. The van der Waals surface area contributed by atoms with Gasteiger partial charge < -0.3 is 10.6 Å².